The van der Waals surface area contributed by atoms with Gasteiger partial charge in [0, 0.05) is 31.2 Å². The van der Waals surface area contributed by atoms with Gasteiger partial charge in [-0.15, -0.1) is 0 Å². The van der Waals surface area contributed by atoms with Gasteiger partial charge in [0.05, 0.1) is 12.8 Å². The first-order chi connectivity index (χ1) is 15.8. The van der Waals surface area contributed by atoms with Crippen LogP contribution in [0.1, 0.15) is 31.1 Å². The zero-order chi connectivity index (χ0) is 24.0. The van der Waals surface area contributed by atoms with Crippen molar-refractivity contribution in [3.05, 3.63) is 60.2 Å². The lowest BCUT2D eigenvalue weighted by Crippen LogP contribution is -2.60. The quantitative estimate of drug-likeness (QED) is 0.704. The Morgan fingerprint density at radius 2 is 1.67 bits per heavy atom. The maximum Gasteiger partial charge on any atom is 0.320 e. The summed E-state index contributed by atoms with van der Waals surface area (Å²) in [7, 11) is 1.53. The Morgan fingerprint density at radius 3 is 2.30 bits per heavy atom. The number of nitrogens with zero attached hydrogens (tertiary/aromatic N) is 2. The second kappa shape index (κ2) is 10.8. The van der Waals surface area contributed by atoms with E-state index in [0.717, 1.165) is 0 Å². The Kier molecular flexibility index (Phi) is 7.92. The molecule has 0 radical (unpaired) electrons. The predicted molar refractivity (Wildman–Crippen MR) is 127 cm³/mol. The number of ether oxygens (including phenoxy) is 1. The molecule has 33 heavy (non-hydrogen) atoms. The van der Waals surface area contributed by atoms with Crippen LogP contribution in [0.3, 0.4) is 0 Å². The van der Waals surface area contributed by atoms with Crippen LogP contribution in [0.25, 0.3) is 0 Å². The Balaban J connectivity index is 1.63. The lowest BCUT2D eigenvalue weighted by atomic mass is 10.0. The van der Waals surface area contributed by atoms with E-state index in [1.54, 1.807) is 40.1 Å². The van der Waals surface area contributed by atoms with Gasteiger partial charge in [0.2, 0.25) is 5.91 Å². The summed E-state index contributed by atoms with van der Waals surface area (Å²) < 4.78 is 5.26. The van der Waals surface area contributed by atoms with Gasteiger partial charge in [0.15, 0.2) is 0 Å². The number of carbonyl (C=O) groups excluding carboxylic acids is 3. The van der Waals surface area contributed by atoms with E-state index in [-0.39, 0.29) is 23.8 Å². The minimum absolute atomic E-state index is 0.0371. The fourth-order valence-corrected chi connectivity index (χ4v) is 3.96. The largest absolute Gasteiger partial charge is 0.495 e. The standard InChI is InChI=1S/C25H32N4O4/c1-17(2)22(27-25(32)26-20-12-8-9-13-21(20)33-4)24(31)28-14-15-29(18(3)16-28)23(30)19-10-6-5-7-11-19/h5-13,17-18,22H,14-16H2,1-4H3,(H2,26,27,32). The van der Waals surface area contributed by atoms with Gasteiger partial charge in [-0.1, -0.05) is 44.2 Å². The Labute approximate surface area is 194 Å². The third-order valence-corrected chi connectivity index (χ3v) is 5.80. The van der Waals surface area contributed by atoms with Gasteiger partial charge in [-0.3, -0.25) is 9.59 Å². The van der Waals surface area contributed by atoms with Crippen LogP contribution in [0.4, 0.5) is 10.5 Å². The third-order valence-electron chi connectivity index (χ3n) is 5.80. The molecule has 1 aliphatic rings. The molecular weight excluding hydrogens is 420 g/mol. The molecule has 2 unspecified atom stereocenters. The molecule has 2 aromatic carbocycles. The number of anilines is 1. The van der Waals surface area contributed by atoms with E-state index < -0.39 is 12.1 Å². The number of piperazine rings is 1. The van der Waals surface area contributed by atoms with Gasteiger partial charge in [0.1, 0.15) is 11.8 Å². The summed E-state index contributed by atoms with van der Waals surface area (Å²) in [5.41, 5.74) is 1.16. The van der Waals surface area contributed by atoms with Crippen LogP contribution < -0.4 is 15.4 Å². The van der Waals surface area contributed by atoms with E-state index in [9.17, 15) is 14.4 Å². The second-order valence-corrected chi connectivity index (χ2v) is 8.52. The zero-order valence-electron chi connectivity index (χ0n) is 19.6. The van der Waals surface area contributed by atoms with Crippen molar-refractivity contribution < 1.29 is 19.1 Å². The third kappa shape index (κ3) is 5.83. The lowest BCUT2D eigenvalue weighted by Gasteiger charge is -2.41. The number of amides is 4. The molecule has 176 valence electrons. The predicted octanol–water partition coefficient (Wildman–Crippen LogP) is 3.21. The molecule has 0 aromatic heterocycles. The van der Waals surface area contributed by atoms with Gasteiger partial charge >= 0.3 is 6.03 Å². The molecule has 3 rings (SSSR count). The van der Waals surface area contributed by atoms with Crippen LogP contribution in [0.5, 0.6) is 5.75 Å². The monoisotopic (exact) mass is 452 g/mol. The number of nitrogens with one attached hydrogen (secondary N) is 2. The van der Waals surface area contributed by atoms with Gasteiger partial charge in [-0.2, -0.15) is 0 Å². The number of rotatable bonds is 6. The van der Waals surface area contributed by atoms with Crippen molar-refractivity contribution in [3.63, 3.8) is 0 Å². The van der Waals surface area contributed by atoms with E-state index in [1.165, 1.54) is 7.11 Å². The van der Waals surface area contributed by atoms with Crippen molar-refractivity contribution in [1.82, 2.24) is 15.1 Å². The van der Waals surface area contributed by atoms with Crippen molar-refractivity contribution >= 4 is 23.5 Å². The number of hydrogen-bond donors (Lipinski definition) is 2. The number of benzene rings is 2. The zero-order valence-corrected chi connectivity index (χ0v) is 19.6. The topological polar surface area (TPSA) is 91.0 Å². The fraction of sp³-hybridized carbons (Fsp3) is 0.400. The van der Waals surface area contributed by atoms with Crippen molar-refractivity contribution in [2.75, 3.05) is 32.1 Å². The molecule has 0 bridgehead atoms. The number of para-hydroxylation sites is 2. The Bertz CT molecular complexity index is 979. The van der Waals surface area contributed by atoms with E-state index in [1.807, 2.05) is 45.0 Å². The minimum atomic E-state index is -0.691. The molecule has 0 aliphatic carbocycles. The highest BCUT2D eigenvalue weighted by Gasteiger charge is 2.34. The first-order valence-corrected chi connectivity index (χ1v) is 11.2. The van der Waals surface area contributed by atoms with E-state index in [0.29, 0.717) is 36.6 Å². The Morgan fingerprint density at radius 1 is 1.00 bits per heavy atom. The van der Waals surface area contributed by atoms with Gasteiger partial charge < -0.3 is 25.2 Å². The summed E-state index contributed by atoms with van der Waals surface area (Å²) in [6.45, 7) is 7.00. The molecule has 0 saturated carbocycles. The number of urea groups is 1. The van der Waals surface area contributed by atoms with E-state index in [2.05, 4.69) is 10.6 Å². The molecule has 1 aliphatic heterocycles. The van der Waals surface area contributed by atoms with Crippen LogP contribution in [-0.2, 0) is 4.79 Å². The fourth-order valence-electron chi connectivity index (χ4n) is 3.96. The summed E-state index contributed by atoms with van der Waals surface area (Å²) in [6.07, 6.45) is 0. The van der Waals surface area contributed by atoms with E-state index in [4.69, 9.17) is 4.74 Å². The molecule has 1 saturated heterocycles. The smallest absolute Gasteiger partial charge is 0.320 e. The van der Waals surface area contributed by atoms with Gasteiger partial charge in [-0.25, -0.2) is 4.79 Å². The van der Waals surface area contributed by atoms with Crippen LogP contribution in [-0.4, -0.2) is 66.5 Å². The average molecular weight is 453 g/mol. The van der Waals surface area contributed by atoms with Crippen LogP contribution in [0.15, 0.2) is 54.6 Å². The second-order valence-electron chi connectivity index (χ2n) is 8.52. The number of methoxy groups -OCH3 is 1. The number of carbonyl (C=O) groups is 3. The highest BCUT2D eigenvalue weighted by Crippen LogP contribution is 2.23. The summed E-state index contributed by atoms with van der Waals surface area (Å²) in [6, 6.07) is 14.9. The first-order valence-electron chi connectivity index (χ1n) is 11.2. The summed E-state index contributed by atoms with van der Waals surface area (Å²) >= 11 is 0. The molecule has 4 amide bonds. The molecule has 1 heterocycles. The molecule has 2 N–H and O–H groups in total. The normalized spacial score (nSPS) is 16.8. The van der Waals surface area contributed by atoms with Crippen molar-refractivity contribution in [3.8, 4) is 5.75 Å². The van der Waals surface area contributed by atoms with Gasteiger partial charge in [-0.05, 0) is 37.1 Å². The molecule has 2 atom stereocenters. The lowest BCUT2D eigenvalue weighted by molar-refractivity contribution is -0.136. The molecule has 8 heteroatoms. The summed E-state index contributed by atoms with van der Waals surface area (Å²) in [5, 5.41) is 5.57. The van der Waals surface area contributed by atoms with Gasteiger partial charge in [0.25, 0.3) is 5.91 Å². The maximum absolute atomic E-state index is 13.3. The molecule has 2 aromatic rings. The van der Waals surface area contributed by atoms with Crippen LogP contribution >= 0.6 is 0 Å². The van der Waals surface area contributed by atoms with E-state index >= 15 is 0 Å². The van der Waals surface area contributed by atoms with Crippen LogP contribution in [0.2, 0.25) is 0 Å². The molecule has 1 fully saturated rings. The van der Waals surface area contributed by atoms with Crippen molar-refractivity contribution in [1.29, 1.82) is 0 Å². The SMILES string of the molecule is COc1ccccc1NC(=O)NC(C(=O)N1CCN(C(=O)c2ccccc2)C(C)C1)C(C)C. The minimum Gasteiger partial charge on any atom is -0.495 e. The Hall–Kier alpha value is -3.55. The summed E-state index contributed by atoms with van der Waals surface area (Å²) in [4.78, 5) is 42.3. The van der Waals surface area contributed by atoms with Crippen molar-refractivity contribution in [2.24, 2.45) is 5.92 Å². The molecular formula is C25H32N4O4. The maximum atomic E-state index is 13.3. The highest BCUT2D eigenvalue weighted by atomic mass is 16.5. The number of hydrogen-bond acceptors (Lipinski definition) is 4. The average Bonchev–Trinajstić information content (AvgIpc) is 2.82. The summed E-state index contributed by atoms with van der Waals surface area (Å²) in [5.74, 6) is 0.233. The molecule has 0 spiro atoms. The first kappa shape index (κ1) is 24.1. The molecule has 8 nitrogen and oxygen atoms in total. The highest BCUT2D eigenvalue weighted by molar-refractivity contribution is 5.96. The van der Waals surface area contributed by atoms with Crippen molar-refractivity contribution in [2.45, 2.75) is 32.9 Å². The van der Waals surface area contributed by atoms with Crippen LogP contribution in [0, 0.1) is 5.92 Å².